The minimum Gasteiger partial charge on any atom is -0.366 e. The summed E-state index contributed by atoms with van der Waals surface area (Å²) in [6.45, 7) is 11.6. The molecule has 168 valence electrons. The Labute approximate surface area is 190 Å². The summed E-state index contributed by atoms with van der Waals surface area (Å²) in [6, 6.07) is 12.8. The predicted molar refractivity (Wildman–Crippen MR) is 129 cm³/mol. The molecule has 1 aliphatic heterocycles. The van der Waals surface area contributed by atoms with Gasteiger partial charge in [0.2, 0.25) is 0 Å². The van der Waals surface area contributed by atoms with Crippen molar-refractivity contribution >= 4 is 23.4 Å². The van der Waals surface area contributed by atoms with Crippen LogP contribution in [0.15, 0.2) is 42.0 Å². The first-order valence-corrected chi connectivity index (χ1v) is 11.3. The maximum absolute atomic E-state index is 15.1. The average Bonchev–Trinajstić information content (AvgIpc) is 2.75. The number of nitrogens with zero attached hydrogens (tertiary/aromatic N) is 2. The minimum absolute atomic E-state index is 0.0583. The van der Waals surface area contributed by atoms with Crippen LogP contribution in [0.1, 0.15) is 70.1 Å². The van der Waals surface area contributed by atoms with Crippen LogP contribution in [0.4, 0.5) is 15.8 Å². The van der Waals surface area contributed by atoms with Gasteiger partial charge in [-0.1, -0.05) is 32.9 Å². The first kappa shape index (κ1) is 23.5. The number of amides is 1. The van der Waals surface area contributed by atoms with Crippen LogP contribution < -0.4 is 10.2 Å². The number of fused-ring (bicyclic) bond motifs is 1. The fourth-order valence-corrected chi connectivity index (χ4v) is 4.60. The molecule has 0 aromatic heterocycles. The van der Waals surface area contributed by atoms with Crippen LogP contribution in [0.5, 0.6) is 0 Å². The molecular weight excluding hydrogens is 401 g/mol. The summed E-state index contributed by atoms with van der Waals surface area (Å²) in [4.78, 5) is 14.9. The molecule has 0 radical (unpaired) electrons. The van der Waals surface area contributed by atoms with Gasteiger partial charge in [0.05, 0.1) is 0 Å². The molecule has 1 unspecified atom stereocenters. The Morgan fingerprint density at radius 1 is 1.28 bits per heavy atom. The number of aryl methyl sites for hydroxylation is 1. The van der Waals surface area contributed by atoms with Crippen molar-refractivity contribution in [3.05, 3.63) is 64.5 Å². The number of carbonyl (C=O) groups is 1. The van der Waals surface area contributed by atoms with E-state index in [0.29, 0.717) is 5.69 Å². The molecule has 0 saturated carbocycles. The van der Waals surface area contributed by atoms with Crippen LogP contribution in [0.25, 0.3) is 6.08 Å². The zero-order valence-corrected chi connectivity index (χ0v) is 19.6. The normalized spacial score (nSPS) is 17.5. The molecule has 0 spiro atoms. The molecule has 1 atom stereocenters. The highest BCUT2D eigenvalue weighted by Crippen LogP contribution is 2.44. The third-order valence-corrected chi connectivity index (χ3v) is 6.24. The van der Waals surface area contributed by atoms with E-state index >= 15 is 4.39 Å². The van der Waals surface area contributed by atoms with Crippen molar-refractivity contribution in [2.75, 3.05) is 16.8 Å². The van der Waals surface area contributed by atoms with Gasteiger partial charge in [-0.3, -0.25) is 4.79 Å². The third kappa shape index (κ3) is 4.85. The Balaban J connectivity index is 1.93. The first-order valence-electron chi connectivity index (χ1n) is 11.3. The second-order valence-corrected chi connectivity index (χ2v) is 9.18. The highest BCUT2D eigenvalue weighted by molar-refractivity contribution is 6.09. The largest absolute Gasteiger partial charge is 0.366 e. The Morgan fingerprint density at radius 2 is 1.97 bits per heavy atom. The van der Waals surface area contributed by atoms with E-state index in [4.69, 9.17) is 0 Å². The number of nitrogens with one attached hydrogen (secondary N) is 1. The fourth-order valence-electron chi connectivity index (χ4n) is 4.60. The second-order valence-electron chi connectivity index (χ2n) is 9.18. The SMILES string of the molecule is CCCN1c2cc(F)c(/C=C(\C#N)C(=O)Nc3ccc(CC)cc3)cc2C(C)CC1(C)C. The van der Waals surface area contributed by atoms with Crippen LogP contribution in [0.3, 0.4) is 0 Å². The van der Waals surface area contributed by atoms with E-state index in [1.807, 2.05) is 18.2 Å². The number of hydrogen-bond donors (Lipinski definition) is 1. The lowest BCUT2D eigenvalue weighted by Crippen LogP contribution is -2.48. The molecule has 0 bridgehead atoms. The van der Waals surface area contributed by atoms with Crippen molar-refractivity contribution in [2.24, 2.45) is 0 Å². The lowest BCUT2D eigenvalue weighted by molar-refractivity contribution is -0.112. The van der Waals surface area contributed by atoms with Gasteiger partial charge < -0.3 is 10.2 Å². The summed E-state index contributed by atoms with van der Waals surface area (Å²) in [5.74, 6) is -0.726. The van der Waals surface area contributed by atoms with E-state index in [9.17, 15) is 10.1 Å². The summed E-state index contributed by atoms with van der Waals surface area (Å²) in [5.41, 5.74) is 3.80. The molecule has 3 rings (SSSR count). The molecule has 0 fully saturated rings. The number of halogens is 1. The van der Waals surface area contributed by atoms with E-state index < -0.39 is 11.7 Å². The summed E-state index contributed by atoms with van der Waals surface area (Å²) in [6.07, 6.45) is 4.18. The minimum atomic E-state index is -0.546. The lowest BCUT2D eigenvalue weighted by atomic mass is 9.79. The van der Waals surface area contributed by atoms with Crippen molar-refractivity contribution in [2.45, 2.75) is 65.3 Å². The number of rotatable bonds is 6. The van der Waals surface area contributed by atoms with Crippen molar-refractivity contribution in [1.29, 1.82) is 5.26 Å². The average molecular weight is 434 g/mol. The molecule has 1 heterocycles. The highest BCUT2D eigenvalue weighted by atomic mass is 19.1. The fraction of sp³-hybridized carbons (Fsp3) is 0.407. The van der Waals surface area contributed by atoms with Gasteiger partial charge in [-0.15, -0.1) is 0 Å². The van der Waals surface area contributed by atoms with Crippen molar-refractivity contribution in [1.82, 2.24) is 0 Å². The Bertz CT molecular complexity index is 1060. The first-order chi connectivity index (χ1) is 15.2. The molecule has 5 heteroatoms. The topological polar surface area (TPSA) is 56.1 Å². The number of hydrogen-bond acceptors (Lipinski definition) is 3. The van der Waals surface area contributed by atoms with Gasteiger partial charge in [0, 0.05) is 29.0 Å². The number of nitriles is 1. The molecule has 1 N–H and O–H groups in total. The van der Waals surface area contributed by atoms with Gasteiger partial charge in [-0.25, -0.2) is 4.39 Å². The van der Waals surface area contributed by atoms with Gasteiger partial charge >= 0.3 is 0 Å². The van der Waals surface area contributed by atoms with Crippen molar-refractivity contribution in [3.63, 3.8) is 0 Å². The standard InChI is InChI=1S/C27H32FN3O/c1-6-12-31-25-15-24(28)20(14-23(25)18(3)16-27(31,4)5)13-21(17-29)26(32)30-22-10-8-19(7-2)9-11-22/h8-11,13-15,18H,6-7,12,16H2,1-5H3,(H,30,32)/b21-13+. The van der Waals surface area contributed by atoms with Crippen LogP contribution in [-0.2, 0) is 11.2 Å². The van der Waals surface area contributed by atoms with Crippen molar-refractivity contribution in [3.8, 4) is 6.07 Å². The van der Waals surface area contributed by atoms with Crippen LogP contribution in [0, 0.1) is 17.1 Å². The van der Waals surface area contributed by atoms with Gasteiger partial charge in [0.1, 0.15) is 17.5 Å². The molecule has 2 aromatic carbocycles. The van der Waals surface area contributed by atoms with E-state index in [0.717, 1.165) is 42.6 Å². The number of benzene rings is 2. The third-order valence-electron chi connectivity index (χ3n) is 6.24. The maximum Gasteiger partial charge on any atom is 0.266 e. The van der Waals surface area contributed by atoms with Gasteiger partial charge in [-0.05, 0) is 80.5 Å². The smallest absolute Gasteiger partial charge is 0.266 e. The van der Waals surface area contributed by atoms with Crippen molar-refractivity contribution < 1.29 is 9.18 Å². The van der Waals surface area contributed by atoms with Crippen LogP contribution in [-0.4, -0.2) is 18.0 Å². The lowest BCUT2D eigenvalue weighted by Gasteiger charge is -2.47. The monoisotopic (exact) mass is 433 g/mol. The highest BCUT2D eigenvalue weighted by Gasteiger charge is 2.36. The molecular formula is C27H32FN3O. The van der Waals surface area contributed by atoms with Gasteiger partial charge in [0.25, 0.3) is 5.91 Å². The van der Waals surface area contributed by atoms with Gasteiger partial charge in [-0.2, -0.15) is 5.26 Å². The molecule has 32 heavy (non-hydrogen) atoms. The van der Waals surface area contributed by atoms with E-state index in [-0.39, 0.29) is 22.6 Å². The predicted octanol–water partition coefficient (Wildman–Crippen LogP) is 6.44. The summed E-state index contributed by atoms with van der Waals surface area (Å²) in [5, 5.41) is 12.3. The molecule has 1 aliphatic rings. The van der Waals surface area contributed by atoms with Crippen LogP contribution in [0.2, 0.25) is 0 Å². The summed E-state index contributed by atoms with van der Waals surface area (Å²) in [7, 11) is 0. The number of carbonyl (C=O) groups excluding carboxylic acids is 1. The Hall–Kier alpha value is -3.13. The second kappa shape index (κ2) is 9.56. The molecule has 4 nitrogen and oxygen atoms in total. The molecule has 1 amide bonds. The molecule has 0 saturated heterocycles. The quantitative estimate of drug-likeness (QED) is 0.421. The summed E-state index contributed by atoms with van der Waals surface area (Å²) < 4.78 is 15.1. The Kier molecular flexibility index (Phi) is 7.03. The zero-order chi connectivity index (χ0) is 23.5. The van der Waals surface area contributed by atoms with E-state index in [2.05, 4.69) is 44.8 Å². The maximum atomic E-state index is 15.1. The Morgan fingerprint density at radius 3 is 2.56 bits per heavy atom. The number of anilines is 2. The van der Waals surface area contributed by atoms with Gasteiger partial charge in [0.15, 0.2) is 0 Å². The summed E-state index contributed by atoms with van der Waals surface area (Å²) >= 11 is 0. The zero-order valence-electron chi connectivity index (χ0n) is 19.6. The molecule has 0 aliphatic carbocycles. The van der Waals surface area contributed by atoms with Crippen LogP contribution >= 0.6 is 0 Å². The van der Waals surface area contributed by atoms with E-state index in [1.165, 1.54) is 6.08 Å². The molecule has 2 aromatic rings. The van der Waals surface area contributed by atoms with E-state index in [1.54, 1.807) is 24.3 Å².